The van der Waals surface area contributed by atoms with E-state index < -0.39 is 0 Å². The molecule has 0 saturated carbocycles. The zero-order valence-corrected chi connectivity index (χ0v) is 19.0. The molecule has 9 heteroatoms. The molecular formula is C22H22ClN5O2S. The van der Waals surface area contributed by atoms with Crippen LogP contribution in [0.4, 0.5) is 5.69 Å². The Balaban J connectivity index is 1.63. The number of fused-ring (bicyclic) bond motifs is 3. The Hall–Kier alpha value is -2.84. The van der Waals surface area contributed by atoms with E-state index in [-0.39, 0.29) is 17.2 Å². The second-order valence-corrected chi connectivity index (χ2v) is 8.45. The van der Waals surface area contributed by atoms with Crippen LogP contribution >= 0.6 is 23.4 Å². The first-order valence-electron chi connectivity index (χ1n) is 10.0. The summed E-state index contributed by atoms with van der Waals surface area (Å²) >= 11 is 7.62. The Labute approximate surface area is 188 Å². The van der Waals surface area contributed by atoms with Gasteiger partial charge in [-0.05, 0) is 42.2 Å². The number of carbonyl (C=O) groups is 1. The summed E-state index contributed by atoms with van der Waals surface area (Å²) in [5.74, 6) is 0.432. The average Bonchev–Trinajstić information content (AvgIpc) is 3.21. The molecule has 0 saturated heterocycles. The highest BCUT2D eigenvalue weighted by Gasteiger charge is 2.17. The van der Waals surface area contributed by atoms with Gasteiger partial charge in [-0.25, -0.2) is 0 Å². The third-order valence-corrected chi connectivity index (χ3v) is 6.55. The van der Waals surface area contributed by atoms with Gasteiger partial charge in [0.15, 0.2) is 5.16 Å². The second-order valence-electron chi connectivity index (χ2n) is 7.10. The van der Waals surface area contributed by atoms with Gasteiger partial charge in [0, 0.05) is 17.8 Å². The number of hydrogen-bond donors (Lipinski definition) is 1. The fourth-order valence-corrected chi connectivity index (χ4v) is 4.71. The van der Waals surface area contributed by atoms with E-state index in [1.165, 1.54) is 16.3 Å². The van der Waals surface area contributed by atoms with Crippen molar-refractivity contribution >= 4 is 51.6 Å². The van der Waals surface area contributed by atoms with Crippen LogP contribution < -0.4 is 10.9 Å². The molecule has 0 aliphatic heterocycles. The normalized spacial score (nSPS) is 11.4. The van der Waals surface area contributed by atoms with Crippen molar-refractivity contribution in [2.24, 2.45) is 7.05 Å². The molecule has 0 bridgehead atoms. The first kappa shape index (κ1) is 21.4. The predicted octanol–water partition coefficient (Wildman–Crippen LogP) is 4.09. The number of thioether (sulfide) groups is 1. The maximum Gasteiger partial charge on any atom is 0.262 e. The number of anilines is 1. The molecule has 0 aliphatic carbocycles. The molecule has 4 aromatic rings. The molecule has 1 amide bonds. The van der Waals surface area contributed by atoms with Crippen LogP contribution in [0.3, 0.4) is 0 Å². The zero-order chi connectivity index (χ0) is 22.1. The van der Waals surface area contributed by atoms with Crippen LogP contribution in [0.25, 0.3) is 16.7 Å². The molecule has 4 rings (SSSR count). The van der Waals surface area contributed by atoms with E-state index in [0.717, 1.165) is 29.7 Å². The highest BCUT2D eigenvalue weighted by atomic mass is 35.5. The van der Waals surface area contributed by atoms with Gasteiger partial charge < -0.3 is 5.32 Å². The molecule has 2 aromatic carbocycles. The molecule has 0 radical (unpaired) electrons. The number of benzene rings is 2. The van der Waals surface area contributed by atoms with Gasteiger partial charge in [0.2, 0.25) is 11.7 Å². The quantitative estimate of drug-likeness (QED) is 0.443. The molecule has 2 heterocycles. The smallest absolute Gasteiger partial charge is 0.262 e. The van der Waals surface area contributed by atoms with Crippen molar-refractivity contribution in [3.63, 3.8) is 0 Å². The fourth-order valence-electron chi connectivity index (χ4n) is 3.68. The summed E-state index contributed by atoms with van der Waals surface area (Å²) in [7, 11) is 1.66. The number of hydrogen-bond acceptors (Lipinski definition) is 5. The van der Waals surface area contributed by atoms with Crippen molar-refractivity contribution in [2.45, 2.75) is 31.8 Å². The number of halogens is 1. The minimum atomic E-state index is -0.150. The number of carbonyl (C=O) groups excluding carboxylic acids is 1. The number of aryl methyl sites for hydroxylation is 2. The Morgan fingerprint density at radius 1 is 1.13 bits per heavy atom. The molecule has 7 nitrogen and oxygen atoms in total. The van der Waals surface area contributed by atoms with Crippen LogP contribution in [0.2, 0.25) is 5.02 Å². The van der Waals surface area contributed by atoms with E-state index in [9.17, 15) is 9.59 Å². The zero-order valence-electron chi connectivity index (χ0n) is 17.5. The van der Waals surface area contributed by atoms with Gasteiger partial charge in [0.05, 0.1) is 16.7 Å². The van der Waals surface area contributed by atoms with Crippen molar-refractivity contribution in [3.8, 4) is 0 Å². The van der Waals surface area contributed by atoms with Crippen LogP contribution in [0, 0.1) is 0 Å². The van der Waals surface area contributed by atoms with Crippen LogP contribution in [-0.4, -0.2) is 30.8 Å². The van der Waals surface area contributed by atoms with E-state index in [2.05, 4.69) is 15.5 Å². The van der Waals surface area contributed by atoms with Crippen LogP contribution in [0.15, 0.2) is 46.3 Å². The van der Waals surface area contributed by atoms with E-state index >= 15 is 0 Å². The monoisotopic (exact) mass is 455 g/mol. The number of aromatic nitrogens is 4. The summed E-state index contributed by atoms with van der Waals surface area (Å²) in [6.45, 7) is 4.06. The van der Waals surface area contributed by atoms with E-state index in [0.29, 0.717) is 26.9 Å². The van der Waals surface area contributed by atoms with Crippen molar-refractivity contribution in [2.75, 3.05) is 11.1 Å². The Morgan fingerprint density at radius 2 is 1.90 bits per heavy atom. The molecule has 1 N–H and O–H groups in total. The molecule has 0 spiro atoms. The number of nitrogens with zero attached hydrogens (tertiary/aromatic N) is 4. The number of para-hydroxylation sites is 1. The van der Waals surface area contributed by atoms with Gasteiger partial charge in [0.1, 0.15) is 0 Å². The molecule has 0 atom stereocenters. The third kappa shape index (κ3) is 3.81. The second kappa shape index (κ2) is 8.72. The summed E-state index contributed by atoms with van der Waals surface area (Å²) in [5, 5.41) is 13.2. The van der Waals surface area contributed by atoms with Gasteiger partial charge in [-0.15, -0.1) is 10.2 Å². The minimum Gasteiger partial charge on any atom is -0.325 e. The largest absolute Gasteiger partial charge is 0.325 e. The van der Waals surface area contributed by atoms with E-state index in [1.807, 2.05) is 48.6 Å². The molecule has 160 valence electrons. The summed E-state index contributed by atoms with van der Waals surface area (Å²) < 4.78 is 3.27. The first-order valence-corrected chi connectivity index (χ1v) is 11.4. The maximum absolute atomic E-state index is 12.8. The lowest BCUT2D eigenvalue weighted by Gasteiger charge is -2.15. The highest BCUT2D eigenvalue weighted by Crippen LogP contribution is 2.30. The van der Waals surface area contributed by atoms with Crippen molar-refractivity contribution in [1.29, 1.82) is 0 Å². The fraction of sp³-hybridized carbons (Fsp3) is 0.273. The highest BCUT2D eigenvalue weighted by molar-refractivity contribution is 7.99. The SMILES string of the molecule is CCc1ccc(Cl)c(CC)c1NC(=O)CSc1nnc2n(C)c(=O)c3ccccc3n12. The minimum absolute atomic E-state index is 0.134. The summed E-state index contributed by atoms with van der Waals surface area (Å²) in [4.78, 5) is 25.4. The van der Waals surface area contributed by atoms with Gasteiger partial charge >= 0.3 is 0 Å². The Morgan fingerprint density at radius 3 is 2.65 bits per heavy atom. The third-order valence-electron chi connectivity index (χ3n) is 5.27. The molecule has 31 heavy (non-hydrogen) atoms. The lowest BCUT2D eigenvalue weighted by Crippen LogP contribution is -2.20. The van der Waals surface area contributed by atoms with E-state index in [4.69, 9.17) is 11.6 Å². The van der Waals surface area contributed by atoms with E-state index in [1.54, 1.807) is 13.1 Å². The topological polar surface area (TPSA) is 81.3 Å². The van der Waals surface area contributed by atoms with Gasteiger partial charge in [-0.2, -0.15) is 0 Å². The molecule has 0 fully saturated rings. The van der Waals surface area contributed by atoms with Gasteiger partial charge in [0.25, 0.3) is 5.56 Å². The number of nitrogens with one attached hydrogen (secondary N) is 1. The Bertz CT molecular complexity index is 1360. The molecule has 0 aliphatic rings. The maximum atomic E-state index is 12.8. The number of amides is 1. The van der Waals surface area contributed by atoms with Crippen LogP contribution in [-0.2, 0) is 24.7 Å². The summed E-state index contributed by atoms with van der Waals surface area (Å²) in [6, 6.07) is 11.1. The van der Waals surface area contributed by atoms with Gasteiger partial charge in [-0.3, -0.25) is 18.6 Å². The van der Waals surface area contributed by atoms with Crippen LogP contribution in [0.5, 0.6) is 0 Å². The van der Waals surface area contributed by atoms with Crippen molar-refractivity contribution in [3.05, 3.63) is 62.9 Å². The Kier molecular flexibility index (Phi) is 6.02. The lowest BCUT2D eigenvalue weighted by atomic mass is 10.0. The first-order chi connectivity index (χ1) is 15.0. The summed E-state index contributed by atoms with van der Waals surface area (Å²) in [6.07, 6.45) is 1.52. The summed E-state index contributed by atoms with van der Waals surface area (Å²) in [5.41, 5.74) is 3.36. The molecule has 0 unspecified atom stereocenters. The number of rotatable bonds is 6. The van der Waals surface area contributed by atoms with Crippen molar-refractivity contribution < 1.29 is 4.79 Å². The van der Waals surface area contributed by atoms with Gasteiger partial charge in [-0.1, -0.05) is 55.4 Å². The van der Waals surface area contributed by atoms with Crippen LogP contribution in [0.1, 0.15) is 25.0 Å². The molecular weight excluding hydrogens is 434 g/mol. The standard InChI is InChI=1S/C22H22ClN5O2S/c1-4-13-10-11-16(23)14(5-2)19(13)24-18(29)12-31-22-26-25-21-27(3)20(30)15-8-6-7-9-17(15)28(21)22/h6-11H,4-5,12H2,1-3H3,(H,24,29). The molecule has 2 aromatic heterocycles. The predicted molar refractivity (Wildman–Crippen MR) is 125 cm³/mol. The average molecular weight is 456 g/mol. The lowest BCUT2D eigenvalue weighted by molar-refractivity contribution is -0.113. The van der Waals surface area contributed by atoms with Crippen molar-refractivity contribution in [1.82, 2.24) is 19.2 Å².